The molecular formula is C29H28N2O5S. The minimum absolute atomic E-state index is 0.194. The highest BCUT2D eigenvalue weighted by Crippen LogP contribution is 2.35. The van der Waals surface area contributed by atoms with E-state index in [1.807, 2.05) is 63.2 Å². The summed E-state index contributed by atoms with van der Waals surface area (Å²) in [6, 6.07) is 18.6. The summed E-state index contributed by atoms with van der Waals surface area (Å²) in [6.07, 6.45) is 1.65. The smallest absolute Gasteiger partial charge is 0.293 e. The van der Waals surface area contributed by atoms with Crippen LogP contribution in [0.15, 0.2) is 65.6 Å². The zero-order valence-corrected chi connectivity index (χ0v) is 22.0. The van der Waals surface area contributed by atoms with Crippen molar-refractivity contribution in [3.63, 3.8) is 0 Å². The molecule has 1 N–H and O–H groups in total. The molecule has 4 rings (SSSR count). The minimum atomic E-state index is -0.333. The van der Waals surface area contributed by atoms with Gasteiger partial charge in [0.05, 0.1) is 18.6 Å². The van der Waals surface area contributed by atoms with E-state index in [0.29, 0.717) is 22.0 Å². The molecule has 8 heteroatoms. The zero-order chi connectivity index (χ0) is 26.5. The van der Waals surface area contributed by atoms with Gasteiger partial charge in [0.1, 0.15) is 0 Å². The highest BCUT2D eigenvalue weighted by Gasteiger charge is 2.35. The summed E-state index contributed by atoms with van der Waals surface area (Å²) in [5.74, 6) is 0.177. The second-order valence-corrected chi connectivity index (χ2v) is 9.75. The van der Waals surface area contributed by atoms with E-state index < -0.39 is 0 Å². The van der Waals surface area contributed by atoms with Crippen LogP contribution < -0.4 is 14.8 Å². The van der Waals surface area contributed by atoms with E-state index in [0.717, 1.165) is 39.7 Å². The van der Waals surface area contributed by atoms with Crippen LogP contribution in [0.4, 0.5) is 10.5 Å². The fourth-order valence-corrected chi connectivity index (χ4v) is 4.76. The molecule has 3 aromatic rings. The van der Waals surface area contributed by atoms with Crippen molar-refractivity contribution in [3.8, 4) is 11.5 Å². The molecular weight excluding hydrogens is 488 g/mol. The Balaban J connectivity index is 1.42. The van der Waals surface area contributed by atoms with E-state index in [9.17, 15) is 14.4 Å². The molecule has 0 aromatic heterocycles. The molecule has 0 aliphatic carbocycles. The number of thioether (sulfide) groups is 1. The van der Waals surface area contributed by atoms with Crippen molar-refractivity contribution in [3.05, 3.63) is 93.4 Å². The summed E-state index contributed by atoms with van der Waals surface area (Å²) < 4.78 is 11.1. The maximum Gasteiger partial charge on any atom is 0.293 e. The number of amides is 3. The van der Waals surface area contributed by atoms with Crippen LogP contribution in [0.3, 0.4) is 0 Å². The van der Waals surface area contributed by atoms with Crippen molar-refractivity contribution in [2.75, 3.05) is 19.0 Å². The second-order valence-electron chi connectivity index (χ2n) is 8.76. The molecule has 1 aliphatic heterocycles. The third-order valence-electron chi connectivity index (χ3n) is 5.96. The summed E-state index contributed by atoms with van der Waals surface area (Å²) in [7, 11) is 1.50. The molecule has 0 saturated carbocycles. The first-order valence-corrected chi connectivity index (χ1v) is 12.5. The Bertz CT molecular complexity index is 1400. The third-order valence-corrected chi connectivity index (χ3v) is 6.87. The average Bonchev–Trinajstić information content (AvgIpc) is 3.13. The van der Waals surface area contributed by atoms with Gasteiger partial charge in [0.25, 0.3) is 17.1 Å². The van der Waals surface area contributed by atoms with Gasteiger partial charge in [-0.1, -0.05) is 48.0 Å². The number of anilines is 1. The van der Waals surface area contributed by atoms with Gasteiger partial charge in [-0.15, -0.1) is 0 Å². The first-order valence-electron chi connectivity index (χ1n) is 11.7. The summed E-state index contributed by atoms with van der Waals surface area (Å²) in [5, 5.41) is 2.54. The van der Waals surface area contributed by atoms with E-state index in [2.05, 4.69) is 5.32 Å². The van der Waals surface area contributed by atoms with Gasteiger partial charge < -0.3 is 14.8 Å². The van der Waals surface area contributed by atoms with Gasteiger partial charge in [-0.2, -0.15) is 0 Å². The van der Waals surface area contributed by atoms with Crippen molar-refractivity contribution in [2.45, 2.75) is 27.3 Å². The highest BCUT2D eigenvalue weighted by molar-refractivity contribution is 8.18. The Morgan fingerprint density at radius 3 is 2.49 bits per heavy atom. The molecule has 1 aliphatic rings. The van der Waals surface area contributed by atoms with Gasteiger partial charge in [-0.25, -0.2) is 0 Å². The number of hydrogen-bond donors (Lipinski definition) is 1. The predicted octanol–water partition coefficient (Wildman–Crippen LogP) is 5.87. The molecule has 0 spiro atoms. The van der Waals surface area contributed by atoms with Crippen molar-refractivity contribution in [2.24, 2.45) is 0 Å². The topological polar surface area (TPSA) is 84.9 Å². The summed E-state index contributed by atoms with van der Waals surface area (Å²) in [6.45, 7) is 5.92. The van der Waals surface area contributed by atoms with Crippen LogP contribution in [0.2, 0.25) is 0 Å². The van der Waals surface area contributed by atoms with Crippen molar-refractivity contribution < 1.29 is 23.9 Å². The van der Waals surface area contributed by atoms with Crippen molar-refractivity contribution in [1.29, 1.82) is 0 Å². The maximum atomic E-state index is 12.9. The second kappa shape index (κ2) is 11.3. The minimum Gasteiger partial charge on any atom is -0.493 e. The van der Waals surface area contributed by atoms with Crippen LogP contribution in [-0.4, -0.2) is 35.7 Å². The van der Waals surface area contributed by atoms with E-state index in [-0.39, 0.29) is 30.2 Å². The van der Waals surface area contributed by atoms with Gasteiger partial charge in [-0.3, -0.25) is 19.3 Å². The molecule has 0 unspecified atom stereocenters. The van der Waals surface area contributed by atoms with E-state index in [4.69, 9.17) is 9.47 Å². The number of hydrogen-bond acceptors (Lipinski definition) is 6. The number of nitrogens with one attached hydrogen (secondary N) is 1. The van der Waals surface area contributed by atoms with Crippen LogP contribution in [0.5, 0.6) is 11.5 Å². The van der Waals surface area contributed by atoms with E-state index in [1.54, 1.807) is 24.3 Å². The average molecular weight is 517 g/mol. The third kappa shape index (κ3) is 6.21. The van der Waals surface area contributed by atoms with Crippen LogP contribution in [0, 0.1) is 20.8 Å². The molecule has 37 heavy (non-hydrogen) atoms. The van der Waals surface area contributed by atoms with E-state index in [1.165, 1.54) is 12.0 Å². The molecule has 3 aromatic carbocycles. The lowest BCUT2D eigenvalue weighted by Crippen LogP contribution is -2.27. The summed E-state index contributed by atoms with van der Waals surface area (Å²) >= 11 is 0.910. The van der Waals surface area contributed by atoms with Crippen molar-refractivity contribution in [1.82, 2.24) is 4.90 Å². The molecule has 190 valence electrons. The number of carbonyl (C=O) groups excluding carboxylic acids is 3. The van der Waals surface area contributed by atoms with Crippen LogP contribution >= 0.6 is 11.8 Å². The number of aryl methyl sites for hydroxylation is 3. The Morgan fingerprint density at radius 1 is 0.973 bits per heavy atom. The molecule has 0 atom stereocenters. The molecule has 7 nitrogen and oxygen atoms in total. The Labute approximate surface area is 220 Å². The number of carbonyl (C=O) groups is 3. The Kier molecular flexibility index (Phi) is 7.98. The maximum absolute atomic E-state index is 12.9. The fraction of sp³-hybridized carbons (Fsp3) is 0.207. The van der Waals surface area contributed by atoms with Gasteiger partial charge in [0.2, 0.25) is 0 Å². The SMILES string of the molecule is COc1cc(/C=C2\SC(=O)N(Cc3ccccc3C)C2=O)ccc1OCC(=O)Nc1ccc(C)cc1C. The van der Waals surface area contributed by atoms with Crippen LogP contribution in [0.1, 0.15) is 27.8 Å². The number of rotatable bonds is 8. The predicted molar refractivity (Wildman–Crippen MR) is 146 cm³/mol. The number of ether oxygens (including phenoxy) is 2. The van der Waals surface area contributed by atoms with Gasteiger partial charge >= 0.3 is 0 Å². The van der Waals surface area contributed by atoms with Gasteiger partial charge in [0, 0.05) is 5.69 Å². The van der Waals surface area contributed by atoms with Crippen LogP contribution in [-0.2, 0) is 16.1 Å². The quantitative estimate of drug-likeness (QED) is 0.377. The summed E-state index contributed by atoms with van der Waals surface area (Å²) in [5.41, 5.74) is 5.44. The lowest BCUT2D eigenvalue weighted by atomic mass is 10.1. The van der Waals surface area contributed by atoms with Gasteiger partial charge in [0.15, 0.2) is 18.1 Å². The number of benzene rings is 3. The standard InChI is InChI=1S/C29H28N2O5S/c1-18-9-11-23(20(3)13-18)30-27(32)17-36-24-12-10-21(14-25(24)35-4)15-26-28(33)31(29(34)37-26)16-22-8-6-5-7-19(22)2/h5-15H,16-17H2,1-4H3,(H,30,32)/b26-15-. The molecule has 0 bridgehead atoms. The summed E-state index contributed by atoms with van der Waals surface area (Å²) in [4.78, 5) is 39.5. The van der Waals surface area contributed by atoms with Crippen LogP contribution in [0.25, 0.3) is 6.08 Å². The number of nitrogens with zero attached hydrogens (tertiary/aromatic N) is 1. The molecule has 1 fully saturated rings. The van der Waals surface area contributed by atoms with Gasteiger partial charge in [-0.05, 0) is 79.1 Å². The molecule has 1 heterocycles. The normalized spacial score (nSPS) is 14.3. The zero-order valence-electron chi connectivity index (χ0n) is 21.2. The number of imide groups is 1. The number of methoxy groups -OCH3 is 1. The largest absolute Gasteiger partial charge is 0.493 e. The van der Waals surface area contributed by atoms with Crippen molar-refractivity contribution >= 4 is 40.6 Å². The lowest BCUT2D eigenvalue weighted by Gasteiger charge is -2.14. The first kappa shape index (κ1) is 26.0. The molecule has 0 radical (unpaired) electrons. The Hall–Kier alpha value is -4.04. The highest BCUT2D eigenvalue weighted by atomic mass is 32.2. The lowest BCUT2D eigenvalue weighted by molar-refractivity contribution is -0.123. The fourth-order valence-electron chi connectivity index (χ4n) is 3.92. The first-order chi connectivity index (χ1) is 17.7. The molecule has 3 amide bonds. The van der Waals surface area contributed by atoms with E-state index >= 15 is 0 Å². The Morgan fingerprint density at radius 2 is 1.76 bits per heavy atom. The molecule has 1 saturated heterocycles. The monoisotopic (exact) mass is 516 g/mol.